The SMILES string of the molecule is O=C(/C=C/c1ccccc1)Oc1ccc(/C=N/NC(=O)c2ccc(NS(=O)(=O)c3ccccc3)cc2)cc1. The maximum absolute atomic E-state index is 12.4. The zero-order valence-corrected chi connectivity index (χ0v) is 20.8. The van der Waals surface area contributed by atoms with Crippen LogP contribution in [-0.2, 0) is 14.8 Å². The summed E-state index contributed by atoms with van der Waals surface area (Å²) in [6.07, 6.45) is 4.47. The Labute approximate surface area is 220 Å². The summed E-state index contributed by atoms with van der Waals surface area (Å²) < 4.78 is 32.6. The van der Waals surface area contributed by atoms with Crippen LogP contribution in [0.5, 0.6) is 5.75 Å². The smallest absolute Gasteiger partial charge is 0.336 e. The minimum atomic E-state index is -3.72. The Morgan fingerprint density at radius 3 is 2.03 bits per heavy atom. The van der Waals surface area contributed by atoms with Gasteiger partial charge in [0.05, 0.1) is 11.1 Å². The van der Waals surface area contributed by atoms with Gasteiger partial charge in [0.15, 0.2) is 0 Å². The van der Waals surface area contributed by atoms with Gasteiger partial charge in [-0.05, 0) is 77.9 Å². The lowest BCUT2D eigenvalue weighted by Crippen LogP contribution is -2.18. The first-order valence-corrected chi connectivity index (χ1v) is 12.9. The van der Waals surface area contributed by atoms with Crippen LogP contribution in [0.3, 0.4) is 0 Å². The predicted molar refractivity (Wildman–Crippen MR) is 146 cm³/mol. The molecule has 0 aliphatic rings. The van der Waals surface area contributed by atoms with Gasteiger partial charge in [-0.3, -0.25) is 9.52 Å². The maximum atomic E-state index is 12.4. The maximum Gasteiger partial charge on any atom is 0.336 e. The van der Waals surface area contributed by atoms with E-state index in [2.05, 4.69) is 15.2 Å². The summed E-state index contributed by atoms with van der Waals surface area (Å²) in [5.74, 6) is -0.590. The van der Waals surface area contributed by atoms with Gasteiger partial charge in [0.1, 0.15) is 5.75 Å². The number of ether oxygens (including phenoxy) is 1. The van der Waals surface area contributed by atoms with Gasteiger partial charge < -0.3 is 4.74 Å². The van der Waals surface area contributed by atoms with Crippen LogP contribution >= 0.6 is 0 Å². The van der Waals surface area contributed by atoms with Crippen molar-refractivity contribution < 1.29 is 22.7 Å². The van der Waals surface area contributed by atoms with Gasteiger partial charge >= 0.3 is 5.97 Å². The Morgan fingerprint density at radius 2 is 1.37 bits per heavy atom. The third-order valence-corrected chi connectivity index (χ3v) is 6.54. The Hall–Kier alpha value is -5.02. The first-order valence-electron chi connectivity index (χ1n) is 11.5. The molecule has 9 heteroatoms. The van der Waals surface area contributed by atoms with E-state index < -0.39 is 21.9 Å². The van der Waals surface area contributed by atoms with Crippen molar-refractivity contribution in [1.82, 2.24) is 5.43 Å². The predicted octanol–water partition coefficient (Wildman–Crippen LogP) is 4.87. The van der Waals surface area contributed by atoms with E-state index in [1.165, 1.54) is 48.7 Å². The van der Waals surface area contributed by atoms with Crippen LogP contribution in [0.4, 0.5) is 5.69 Å². The molecule has 8 nitrogen and oxygen atoms in total. The van der Waals surface area contributed by atoms with E-state index in [4.69, 9.17) is 4.74 Å². The number of nitrogens with one attached hydrogen (secondary N) is 2. The zero-order valence-electron chi connectivity index (χ0n) is 20.0. The Balaban J connectivity index is 1.27. The van der Waals surface area contributed by atoms with Crippen LogP contribution in [0.2, 0.25) is 0 Å². The van der Waals surface area contributed by atoms with E-state index in [1.54, 1.807) is 48.5 Å². The molecule has 190 valence electrons. The molecule has 0 bridgehead atoms. The number of benzene rings is 4. The Morgan fingerprint density at radius 1 is 0.737 bits per heavy atom. The number of anilines is 1. The molecule has 0 aliphatic heterocycles. The minimum Gasteiger partial charge on any atom is -0.423 e. The highest BCUT2D eigenvalue weighted by Gasteiger charge is 2.13. The van der Waals surface area contributed by atoms with Crippen molar-refractivity contribution in [3.05, 3.63) is 132 Å². The lowest BCUT2D eigenvalue weighted by Gasteiger charge is -2.08. The number of rotatable bonds is 9. The fraction of sp³-hybridized carbons (Fsp3) is 0. The topological polar surface area (TPSA) is 114 Å². The van der Waals surface area contributed by atoms with Crippen molar-refractivity contribution >= 4 is 39.9 Å². The second-order valence-corrected chi connectivity index (χ2v) is 9.61. The highest BCUT2D eigenvalue weighted by atomic mass is 32.2. The van der Waals surface area contributed by atoms with Crippen LogP contribution < -0.4 is 14.9 Å². The highest BCUT2D eigenvalue weighted by molar-refractivity contribution is 7.92. The van der Waals surface area contributed by atoms with Crippen LogP contribution in [0, 0.1) is 0 Å². The average molecular weight is 526 g/mol. The summed E-state index contributed by atoms with van der Waals surface area (Å²) in [5, 5.41) is 3.94. The fourth-order valence-electron chi connectivity index (χ4n) is 3.23. The summed E-state index contributed by atoms with van der Waals surface area (Å²) in [5.41, 5.74) is 4.61. The van der Waals surface area contributed by atoms with Crippen LogP contribution in [0.1, 0.15) is 21.5 Å². The lowest BCUT2D eigenvalue weighted by molar-refractivity contribution is -0.128. The number of hydrogen-bond acceptors (Lipinski definition) is 6. The Bertz CT molecular complexity index is 1550. The summed E-state index contributed by atoms with van der Waals surface area (Å²) >= 11 is 0. The molecule has 0 heterocycles. The van der Waals surface area contributed by atoms with Gasteiger partial charge in [0.25, 0.3) is 15.9 Å². The molecule has 0 saturated heterocycles. The molecule has 0 unspecified atom stereocenters. The van der Waals surface area contributed by atoms with E-state index in [0.717, 1.165) is 5.56 Å². The van der Waals surface area contributed by atoms with Crippen LogP contribution in [-0.4, -0.2) is 26.5 Å². The number of esters is 1. The third kappa shape index (κ3) is 7.49. The molecule has 0 aromatic heterocycles. The molecule has 0 aliphatic carbocycles. The molecule has 2 N–H and O–H groups in total. The first kappa shape index (κ1) is 26.1. The van der Waals surface area contributed by atoms with Crippen LogP contribution in [0.25, 0.3) is 6.08 Å². The first-order chi connectivity index (χ1) is 18.4. The van der Waals surface area contributed by atoms with Crippen molar-refractivity contribution in [1.29, 1.82) is 0 Å². The molecule has 4 aromatic carbocycles. The number of carbonyl (C=O) groups excluding carboxylic acids is 2. The second kappa shape index (κ2) is 12.3. The van der Waals surface area contributed by atoms with Gasteiger partial charge in [-0.15, -0.1) is 0 Å². The number of sulfonamides is 1. The highest BCUT2D eigenvalue weighted by Crippen LogP contribution is 2.17. The average Bonchev–Trinajstić information content (AvgIpc) is 2.94. The van der Waals surface area contributed by atoms with E-state index in [-0.39, 0.29) is 4.90 Å². The molecular formula is C29H23N3O5S. The molecule has 4 rings (SSSR count). The van der Waals surface area contributed by atoms with Gasteiger partial charge in [-0.25, -0.2) is 18.6 Å². The number of hydrazone groups is 1. The van der Waals surface area contributed by atoms with Gasteiger partial charge in [-0.1, -0.05) is 48.5 Å². The summed E-state index contributed by atoms with van der Waals surface area (Å²) in [6, 6.07) is 30.0. The minimum absolute atomic E-state index is 0.141. The number of carbonyl (C=O) groups is 2. The summed E-state index contributed by atoms with van der Waals surface area (Å²) in [6.45, 7) is 0. The second-order valence-electron chi connectivity index (χ2n) is 7.93. The molecule has 0 radical (unpaired) electrons. The Kier molecular flexibility index (Phi) is 8.42. The van der Waals surface area contributed by atoms with Crippen molar-refractivity contribution in [3.63, 3.8) is 0 Å². The number of nitrogens with zero attached hydrogens (tertiary/aromatic N) is 1. The van der Waals surface area contributed by atoms with E-state index in [0.29, 0.717) is 22.6 Å². The van der Waals surface area contributed by atoms with E-state index >= 15 is 0 Å². The van der Waals surface area contributed by atoms with Gasteiger partial charge in [0, 0.05) is 17.3 Å². The van der Waals surface area contributed by atoms with Gasteiger partial charge in [-0.2, -0.15) is 5.10 Å². The lowest BCUT2D eigenvalue weighted by atomic mass is 10.2. The summed E-state index contributed by atoms with van der Waals surface area (Å²) in [4.78, 5) is 24.5. The van der Waals surface area contributed by atoms with E-state index in [1.807, 2.05) is 30.3 Å². The van der Waals surface area contributed by atoms with E-state index in [9.17, 15) is 18.0 Å². The largest absolute Gasteiger partial charge is 0.423 e. The normalized spacial score (nSPS) is 11.4. The van der Waals surface area contributed by atoms with Crippen molar-refractivity contribution in [2.45, 2.75) is 4.90 Å². The van der Waals surface area contributed by atoms with Crippen molar-refractivity contribution in [3.8, 4) is 5.75 Å². The molecule has 1 amide bonds. The van der Waals surface area contributed by atoms with Crippen molar-refractivity contribution in [2.75, 3.05) is 4.72 Å². The van der Waals surface area contributed by atoms with Gasteiger partial charge in [0.2, 0.25) is 0 Å². The third-order valence-electron chi connectivity index (χ3n) is 5.14. The molecule has 4 aromatic rings. The molecule has 0 spiro atoms. The number of hydrogen-bond donors (Lipinski definition) is 2. The molecule has 0 atom stereocenters. The van der Waals surface area contributed by atoms with Crippen molar-refractivity contribution in [2.24, 2.45) is 5.10 Å². The zero-order chi connectivity index (χ0) is 26.8. The molecule has 0 saturated carbocycles. The fourth-order valence-corrected chi connectivity index (χ4v) is 4.31. The standard InChI is InChI=1S/C29H23N3O5S/c33-28(20-13-22-7-3-1-4-8-22)37-26-18-11-23(12-19-26)21-30-31-29(34)24-14-16-25(17-15-24)32-38(35,36)27-9-5-2-6-10-27/h1-21,32H,(H,31,34)/b20-13+,30-21+. The molecular weight excluding hydrogens is 502 g/mol. The molecule has 38 heavy (non-hydrogen) atoms. The quantitative estimate of drug-likeness (QED) is 0.106. The van der Waals surface area contributed by atoms with Crippen LogP contribution in [0.15, 0.2) is 125 Å². The number of amides is 1. The monoisotopic (exact) mass is 525 g/mol. The molecule has 0 fully saturated rings. The summed E-state index contributed by atoms with van der Waals surface area (Å²) in [7, 11) is -3.72.